The Bertz CT molecular complexity index is 678. The van der Waals surface area contributed by atoms with Gasteiger partial charge in [-0.1, -0.05) is 19.4 Å². The Balaban J connectivity index is 2.29. The summed E-state index contributed by atoms with van der Waals surface area (Å²) in [6.07, 6.45) is 3.39. The minimum atomic E-state index is -3.57. The molecule has 1 amide bonds. The number of aryl methyl sites for hydroxylation is 1. The first-order chi connectivity index (χ1) is 11.4. The molecule has 1 heterocycles. The molecule has 0 aromatic heterocycles. The Kier molecular flexibility index (Phi) is 6.37. The maximum Gasteiger partial charge on any atom is 0.251 e. The van der Waals surface area contributed by atoms with Crippen LogP contribution in [0.3, 0.4) is 0 Å². The lowest BCUT2D eigenvalue weighted by molar-refractivity contribution is 0.0914. The van der Waals surface area contributed by atoms with E-state index in [9.17, 15) is 18.3 Å². The summed E-state index contributed by atoms with van der Waals surface area (Å²) in [6, 6.07) is 4.32. The van der Waals surface area contributed by atoms with Gasteiger partial charge in [0.05, 0.1) is 17.5 Å². The number of rotatable bonds is 6. The molecule has 24 heavy (non-hydrogen) atoms. The number of carbonyl (C=O) groups excluding carboxylic acids is 1. The number of aliphatic hydroxyl groups is 1. The van der Waals surface area contributed by atoms with Gasteiger partial charge in [0, 0.05) is 18.7 Å². The van der Waals surface area contributed by atoms with E-state index >= 15 is 0 Å². The van der Waals surface area contributed by atoms with Crippen LogP contribution in [-0.4, -0.2) is 49.5 Å². The molecule has 1 aliphatic heterocycles. The van der Waals surface area contributed by atoms with Gasteiger partial charge in [-0.05, 0) is 43.9 Å². The largest absolute Gasteiger partial charge is 0.394 e. The maximum atomic E-state index is 12.8. The molecule has 1 fully saturated rings. The van der Waals surface area contributed by atoms with E-state index in [0.29, 0.717) is 30.6 Å². The summed E-state index contributed by atoms with van der Waals surface area (Å²) in [6.45, 7) is 4.55. The van der Waals surface area contributed by atoms with Gasteiger partial charge in [0.25, 0.3) is 5.91 Å². The standard InChI is InChI=1S/C17H26N2O4S/c1-3-14(12-20)18-17(21)16-11-15(8-7-13(16)2)24(22,23)19-9-5-4-6-10-19/h7-8,11,14,20H,3-6,9-10,12H2,1-2H3,(H,18,21)/t14-/m1/s1. The Morgan fingerprint density at radius 1 is 1.29 bits per heavy atom. The molecule has 6 nitrogen and oxygen atoms in total. The fourth-order valence-electron chi connectivity index (χ4n) is 2.80. The van der Waals surface area contributed by atoms with Crippen LogP contribution in [0, 0.1) is 6.92 Å². The summed E-state index contributed by atoms with van der Waals surface area (Å²) in [5.41, 5.74) is 1.04. The third-order valence-corrected chi connectivity index (χ3v) is 6.35. The van der Waals surface area contributed by atoms with Crippen LogP contribution in [0.2, 0.25) is 0 Å². The van der Waals surface area contributed by atoms with Gasteiger partial charge in [0.15, 0.2) is 0 Å². The average molecular weight is 354 g/mol. The maximum absolute atomic E-state index is 12.8. The number of nitrogens with zero attached hydrogens (tertiary/aromatic N) is 1. The van der Waals surface area contributed by atoms with Crippen molar-refractivity contribution in [2.75, 3.05) is 19.7 Å². The van der Waals surface area contributed by atoms with Crippen LogP contribution in [0.15, 0.2) is 23.1 Å². The molecule has 1 aliphatic rings. The molecule has 0 radical (unpaired) electrons. The zero-order valence-corrected chi connectivity index (χ0v) is 15.1. The van der Waals surface area contributed by atoms with E-state index in [4.69, 9.17) is 0 Å². The number of nitrogens with one attached hydrogen (secondary N) is 1. The summed E-state index contributed by atoms with van der Waals surface area (Å²) in [7, 11) is -3.57. The second kappa shape index (κ2) is 8.09. The zero-order valence-electron chi connectivity index (χ0n) is 14.3. The molecule has 2 N–H and O–H groups in total. The number of amides is 1. The van der Waals surface area contributed by atoms with Crippen molar-refractivity contribution in [3.05, 3.63) is 29.3 Å². The number of piperidine rings is 1. The molecule has 134 valence electrons. The quantitative estimate of drug-likeness (QED) is 0.814. The van der Waals surface area contributed by atoms with E-state index in [-0.39, 0.29) is 23.5 Å². The Morgan fingerprint density at radius 3 is 2.54 bits per heavy atom. The molecular formula is C17H26N2O4S. The smallest absolute Gasteiger partial charge is 0.251 e. The SMILES string of the molecule is CC[C@H](CO)NC(=O)c1cc(S(=O)(=O)N2CCCCC2)ccc1C. The van der Waals surface area contributed by atoms with Gasteiger partial charge in [-0.3, -0.25) is 4.79 Å². The molecule has 0 bridgehead atoms. The van der Waals surface area contributed by atoms with Crippen molar-refractivity contribution >= 4 is 15.9 Å². The van der Waals surface area contributed by atoms with E-state index < -0.39 is 10.0 Å². The van der Waals surface area contributed by atoms with Crippen LogP contribution in [-0.2, 0) is 10.0 Å². The van der Waals surface area contributed by atoms with E-state index in [2.05, 4.69) is 5.32 Å². The first-order valence-corrected chi connectivity index (χ1v) is 9.86. The third-order valence-electron chi connectivity index (χ3n) is 4.45. The summed E-state index contributed by atoms with van der Waals surface area (Å²) < 4.78 is 27.0. The lowest BCUT2D eigenvalue weighted by atomic mass is 10.1. The van der Waals surface area contributed by atoms with Gasteiger partial charge in [-0.15, -0.1) is 0 Å². The van der Waals surface area contributed by atoms with Gasteiger partial charge in [0.2, 0.25) is 10.0 Å². The number of benzene rings is 1. The highest BCUT2D eigenvalue weighted by molar-refractivity contribution is 7.89. The molecule has 1 aromatic carbocycles. The van der Waals surface area contributed by atoms with Crippen LogP contribution in [0.25, 0.3) is 0 Å². The number of aliphatic hydroxyl groups excluding tert-OH is 1. The molecular weight excluding hydrogens is 328 g/mol. The highest BCUT2D eigenvalue weighted by Crippen LogP contribution is 2.23. The van der Waals surface area contributed by atoms with Gasteiger partial charge in [0.1, 0.15) is 0 Å². The van der Waals surface area contributed by atoms with E-state index in [1.807, 2.05) is 6.92 Å². The second-order valence-electron chi connectivity index (χ2n) is 6.20. The normalized spacial score (nSPS) is 17.5. The van der Waals surface area contributed by atoms with Crippen molar-refractivity contribution in [2.24, 2.45) is 0 Å². The Hall–Kier alpha value is -1.44. The number of sulfonamides is 1. The lowest BCUT2D eigenvalue weighted by Gasteiger charge is -2.26. The van der Waals surface area contributed by atoms with Crippen molar-refractivity contribution < 1.29 is 18.3 Å². The van der Waals surface area contributed by atoms with Crippen LogP contribution in [0.5, 0.6) is 0 Å². The van der Waals surface area contributed by atoms with E-state index in [1.54, 1.807) is 19.1 Å². The summed E-state index contributed by atoms with van der Waals surface area (Å²) in [4.78, 5) is 12.6. The fraction of sp³-hybridized carbons (Fsp3) is 0.588. The highest BCUT2D eigenvalue weighted by atomic mass is 32.2. The predicted molar refractivity (Wildman–Crippen MR) is 92.4 cm³/mol. The monoisotopic (exact) mass is 354 g/mol. The molecule has 2 rings (SSSR count). The molecule has 1 saturated heterocycles. The molecule has 1 atom stereocenters. The third kappa shape index (κ3) is 4.15. The summed E-state index contributed by atoms with van der Waals surface area (Å²) in [5, 5.41) is 12.0. The molecule has 7 heteroatoms. The van der Waals surface area contributed by atoms with Crippen LogP contribution >= 0.6 is 0 Å². The van der Waals surface area contributed by atoms with Crippen molar-refractivity contribution in [3.8, 4) is 0 Å². The van der Waals surface area contributed by atoms with Crippen LogP contribution in [0.4, 0.5) is 0 Å². The van der Waals surface area contributed by atoms with Gasteiger partial charge in [-0.2, -0.15) is 4.31 Å². The topological polar surface area (TPSA) is 86.7 Å². The van der Waals surface area contributed by atoms with Gasteiger partial charge < -0.3 is 10.4 Å². The molecule has 0 spiro atoms. The second-order valence-corrected chi connectivity index (χ2v) is 8.14. The van der Waals surface area contributed by atoms with Crippen molar-refractivity contribution in [3.63, 3.8) is 0 Å². The number of hydrogen-bond donors (Lipinski definition) is 2. The number of hydrogen-bond acceptors (Lipinski definition) is 4. The Morgan fingerprint density at radius 2 is 1.96 bits per heavy atom. The average Bonchev–Trinajstić information content (AvgIpc) is 2.60. The molecule has 0 aliphatic carbocycles. The lowest BCUT2D eigenvalue weighted by Crippen LogP contribution is -2.38. The highest BCUT2D eigenvalue weighted by Gasteiger charge is 2.27. The van der Waals surface area contributed by atoms with Gasteiger partial charge in [-0.25, -0.2) is 8.42 Å². The Labute approximate surface area is 143 Å². The minimum Gasteiger partial charge on any atom is -0.394 e. The predicted octanol–water partition coefficient (Wildman–Crippen LogP) is 1.67. The van der Waals surface area contributed by atoms with Crippen LogP contribution < -0.4 is 5.32 Å². The zero-order chi connectivity index (χ0) is 17.7. The van der Waals surface area contributed by atoms with E-state index in [0.717, 1.165) is 19.3 Å². The summed E-state index contributed by atoms with van der Waals surface area (Å²) in [5.74, 6) is -0.357. The molecule has 0 unspecified atom stereocenters. The fourth-order valence-corrected chi connectivity index (χ4v) is 4.34. The van der Waals surface area contributed by atoms with Gasteiger partial charge >= 0.3 is 0 Å². The van der Waals surface area contributed by atoms with Crippen molar-refractivity contribution in [1.29, 1.82) is 0 Å². The molecule has 0 saturated carbocycles. The molecule has 1 aromatic rings. The first-order valence-electron chi connectivity index (χ1n) is 8.42. The number of carbonyl (C=O) groups is 1. The van der Waals surface area contributed by atoms with E-state index in [1.165, 1.54) is 10.4 Å². The summed E-state index contributed by atoms with van der Waals surface area (Å²) >= 11 is 0. The first kappa shape index (κ1) is 18.9. The van der Waals surface area contributed by atoms with Crippen molar-refractivity contribution in [2.45, 2.75) is 50.5 Å². The van der Waals surface area contributed by atoms with Crippen LogP contribution in [0.1, 0.15) is 48.5 Å². The minimum absolute atomic E-state index is 0.146. The van der Waals surface area contributed by atoms with Crippen molar-refractivity contribution in [1.82, 2.24) is 9.62 Å².